The van der Waals surface area contributed by atoms with Gasteiger partial charge in [-0.15, -0.1) is 24.8 Å². The van der Waals surface area contributed by atoms with Crippen molar-refractivity contribution in [3.8, 4) is 0 Å². The zero-order valence-electron chi connectivity index (χ0n) is 16.2. The number of carbonyl (C=O) groups is 2. The summed E-state index contributed by atoms with van der Waals surface area (Å²) < 4.78 is 0. The van der Waals surface area contributed by atoms with Gasteiger partial charge in [-0.25, -0.2) is 0 Å². The minimum absolute atomic E-state index is 0. The Kier molecular flexibility index (Phi) is 10.8. The molecule has 8 heteroatoms. The van der Waals surface area contributed by atoms with E-state index in [0.29, 0.717) is 18.7 Å². The lowest BCUT2D eigenvalue weighted by atomic mass is 9.95. The van der Waals surface area contributed by atoms with Crippen molar-refractivity contribution in [3.63, 3.8) is 0 Å². The number of amides is 2. The van der Waals surface area contributed by atoms with E-state index in [-0.39, 0.29) is 48.5 Å². The van der Waals surface area contributed by atoms with Crippen molar-refractivity contribution in [1.82, 2.24) is 10.2 Å². The van der Waals surface area contributed by atoms with Gasteiger partial charge in [0.1, 0.15) is 0 Å². The summed E-state index contributed by atoms with van der Waals surface area (Å²) in [5, 5.41) is 5.92. The highest BCUT2D eigenvalue weighted by Gasteiger charge is 2.31. The lowest BCUT2D eigenvalue weighted by Crippen LogP contribution is -2.33. The van der Waals surface area contributed by atoms with Crippen LogP contribution in [0.5, 0.6) is 0 Å². The molecule has 2 amide bonds. The third-order valence-corrected chi connectivity index (χ3v) is 5.63. The summed E-state index contributed by atoms with van der Waals surface area (Å²) in [5.74, 6) is 0.269. The minimum atomic E-state index is -0.0685. The summed E-state index contributed by atoms with van der Waals surface area (Å²) in [7, 11) is 0. The highest BCUT2D eigenvalue weighted by Crippen LogP contribution is 2.31. The lowest BCUT2D eigenvalue weighted by molar-refractivity contribution is -0.120. The average Bonchev–Trinajstić information content (AvgIpc) is 3.33. The van der Waals surface area contributed by atoms with Gasteiger partial charge in [-0.1, -0.05) is 6.42 Å². The molecule has 0 unspecified atom stereocenters. The number of likely N-dealkylation sites (tertiary alicyclic amines) is 1. The topological polar surface area (TPSA) is 87.5 Å². The third-order valence-electron chi connectivity index (χ3n) is 5.63. The number of hydrogen-bond donors (Lipinski definition) is 3. The molecule has 0 radical (unpaired) electrons. The molecule has 1 saturated heterocycles. The highest BCUT2D eigenvalue weighted by molar-refractivity contribution is 5.96. The molecule has 1 aliphatic heterocycles. The van der Waals surface area contributed by atoms with E-state index < -0.39 is 0 Å². The van der Waals surface area contributed by atoms with Crippen LogP contribution in [-0.2, 0) is 4.79 Å². The number of halogens is 2. The monoisotopic (exact) mass is 430 g/mol. The van der Waals surface area contributed by atoms with E-state index in [0.717, 1.165) is 44.6 Å². The molecule has 6 nitrogen and oxygen atoms in total. The molecule has 1 aliphatic carbocycles. The van der Waals surface area contributed by atoms with Gasteiger partial charge in [0, 0.05) is 30.3 Å². The quantitative estimate of drug-likeness (QED) is 0.620. The molecule has 158 valence electrons. The number of nitrogens with two attached hydrogens (primary N) is 1. The molecule has 28 heavy (non-hydrogen) atoms. The molecular weight excluding hydrogens is 399 g/mol. The fraction of sp³-hybridized carbons (Fsp3) is 0.600. The minimum Gasteiger partial charge on any atom is -0.351 e. The largest absolute Gasteiger partial charge is 0.351 e. The first kappa shape index (κ1) is 24.7. The van der Waals surface area contributed by atoms with Crippen LogP contribution in [0.4, 0.5) is 5.69 Å². The normalized spacial score (nSPS) is 21.5. The number of anilines is 1. The predicted molar refractivity (Wildman–Crippen MR) is 117 cm³/mol. The summed E-state index contributed by atoms with van der Waals surface area (Å²) in [6, 6.07) is 7.10. The molecule has 0 bridgehead atoms. The van der Waals surface area contributed by atoms with E-state index in [1.165, 1.54) is 12.8 Å². The Morgan fingerprint density at radius 1 is 1.04 bits per heavy atom. The van der Waals surface area contributed by atoms with Gasteiger partial charge in [0.15, 0.2) is 0 Å². The lowest BCUT2D eigenvalue weighted by Gasteiger charge is -2.17. The van der Waals surface area contributed by atoms with Crippen LogP contribution < -0.4 is 16.4 Å². The third kappa shape index (κ3) is 6.62. The fourth-order valence-electron chi connectivity index (χ4n) is 4.04. The molecule has 0 aromatic heterocycles. The molecule has 2 fully saturated rings. The predicted octanol–water partition coefficient (Wildman–Crippen LogP) is 2.67. The van der Waals surface area contributed by atoms with Crippen LogP contribution in [0.1, 0.15) is 42.5 Å². The first-order valence-electron chi connectivity index (χ1n) is 9.79. The SMILES string of the molecule is Cl.Cl.NC[C@H]1CCC[C@H]1C(=O)Nc1ccc(C(=O)NCCN2CCCC2)cc1. The van der Waals surface area contributed by atoms with Crippen LogP contribution >= 0.6 is 24.8 Å². The molecule has 0 spiro atoms. The molecule has 1 heterocycles. The summed E-state index contributed by atoms with van der Waals surface area (Å²) in [6.45, 7) is 4.41. The van der Waals surface area contributed by atoms with Gasteiger partial charge in [-0.05, 0) is 75.5 Å². The maximum atomic E-state index is 12.4. The molecule has 2 aliphatic rings. The molecule has 1 aromatic carbocycles. The first-order chi connectivity index (χ1) is 12.7. The van der Waals surface area contributed by atoms with E-state index in [1.54, 1.807) is 24.3 Å². The Bertz CT molecular complexity index is 621. The molecule has 2 atom stereocenters. The zero-order chi connectivity index (χ0) is 18.4. The molecule has 3 rings (SSSR count). The number of benzene rings is 1. The van der Waals surface area contributed by atoms with Crippen molar-refractivity contribution >= 4 is 42.3 Å². The molecule has 1 saturated carbocycles. The Balaban J connectivity index is 0.00000196. The van der Waals surface area contributed by atoms with Gasteiger partial charge >= 0.3 is 0 Å². The van der Waals surface area contributed by atoms with E-state index in [4.69, 9.17) is 5.73 Å². The Hall–Kier alpha value is -1.34. The maximum Gasteiger partial charge on any atom is 0.251 e. The van der Waals surface area contributed by atoms with E-state index in [9.17, 15) is 9.59 Å². The number of rotatable bonds is 7. The van der Waals surface area contributed by atoms with Crippen LogP contribution in [0.3, 0.4) is 0 Å². The van der Waals surface area contributed by atoms with Crippen LogP contribution in [0, 0.1) is 11.8 Å². The van der Waals surface area contributed by atoms with Crippen molar-refractivity contribution in [3.05, 3.63) is 29.8 Å². The fourth-order valence-corrected chi connectivity index (χ4v) is 4.04. The van der Waals surface area contributed by atoms with Crippen LogP contribution in [0.2, 0.25) is 0 Å². The number of nitrogens with zero attached hydrogens (tertiary/aromatic N) is 1. The second-order valence-corrected chi connectivity index (χ2v) is 7.40. The smallest absolute Gasteiger partial charge is 0.251 e. The highest BCUT2D eigenvalue weighted by atomic mass is 35.5. The van der Waals surface area contributed by atoms with Gasteiger partial charge in [0.05, 0.1) is 0 Å². The van der Waals surface area contributed by atoms with Crippen molar-refractivity contribution in [2.24, 2.45) is 17.6 Å². The van der Waals surface area contributed by atoms with Crippen molar-refractivity contribution in [2.75, 3.05) is 38.0 Å². The summed E-state index contributed by atoms with van der Waals surface area (Å²) in [5.41, 5.74) is 7.10. The van der Waals surface area contributed by atoms with Crippen LogP contribution in [0.25, 0.3) is 0 Å². The standard InChI is InChI=1S/C20H30N4O2.2ClH/c21-14-16-4-3-5-18(16)20(26)23-17-8-6-15(7-9-17)19(25)22-10-13-24-11-1-2-12-24;;/h6-9,16,18H,1-5,10-14,21H2,(H,22,25)(H,23,26);2*1H/t16-,18-;;/m1../s1. The van der Waals surface area contributed by atoms with Gasteiger partial charge in [-0.2, -0.15) is 0 Å². The van der Waals surface area contributed by atoms with Gasteiger partial charge in [0.25, 0.3) is 5.91 Å². The van der Waals surface area contributed by atoms with Crippen LogP contribution in [0.15, 0.2) is 24.3 Å². The Morgan fingerprint density at radius 3 is 2.36 bits per heavy atom. The van der Waals surface area contributed by atoms with Gasteiger partial charge in [-0.3, -0.25) is 9.59 Å². The molecular formula is C20H32Cl2N4O2. The summed E-state index contributed by atoms with van der Waals surface area (Å²) >= 11 is 0. The molecule has 4 N–H and O–H groups in total. The second-order valence-electron chi connectivity index (χ2n) is 7.40. The van der Waals surface area contributed by atoms with Gasteiger partial charge < -0.3 is 21.3 Å². The van der Waals surface area contributed by atoms with E-state index in [1.807, 2.05) is 0 Å². The van der Waals surface area contributed by atoms with Crippen molar-refractivity contribution in [1.29, 1.82) is 0 Å². The van der Waals surface area contributed by atoms with Gasteiger partial charge in [0.2, 0.25) is 5.91 Å². The Morgan fingerprint density at radius 2 is 1.71 bits per heavy atom. The number of hydrogen-bond acceptors (Lipinski definition) is 4. The second kappa shape index (κ2) is 12.3. The maximum absolute atomic E-state index is 12.4. The molecule has 1 aromatic rings. The number of carbonyl (C=O) groups excluding carboxylic acids is 2. The van der Waals surface area contributed by atoms with E-state index in [2.05, 4.69) is 15.5 Å². The average molecular weight is 431 g/mol. The number of nitrogens with one attached hydrogen (secondary N) is 2. The van der Waals surface area contributed by atoms with E-state index >= 15 is 0 Å². The van der Waals surface area contributed by atoms with Crippen LogP contribution in [-0.4, -0.2) is 49.4 Å². The summed E-state index contributed by atoms with van der Waals surface area (Å²) in [6.07, 6.45) is 5.52. The first-order valence-corrected chi connectivity index (χ1v) is 9.79. The summed E-state index contributed by atoms with van der Waals surface area (Å²) in [4.78, 5) is 27.0. The Labute approximate surface area is 179 Å². The van der Waals surface area contributed by atoms with Crippen molar-refractivity contribution in [2.45, 2.75) is 32.1 Å². The van der Waals surface area contributed by atoms with Crippen molar-refractivity contribution < 1.29 is 9.59 Å². The zero-order valence-corrected chi connectivity index (χ0v) is 17.8.